The SMILES string of the molecule is CCNC1CC(C)Sc2sc(S(=O)(=O)NC)cc21. The molecule has 2 rings (SSSR count). The molecule has 0 fully saturated rings. The van der Waals surface area contributed by atoms with E-state index in [9.17, 15) is 8.42 Å². The van der Waals surface area contributed by atoms with Crippen LogP contribution in [0.25, 0.3) is 0 Å². The molecule has 102 valence electrons. The van der Waals surface area contributed by atoms with Crippen LogP contribution in [0, 0.1) is 0 Å². The summed E-state index contributed by atoms with van der Waals surface area (Å²) in [5, 5.41) is 3.95. The van der Waals surface area contributed by atoms with Crippen molar-refractivity contribution in [2.45, 2.75) is 40.0 Å². The molecule has 0 amide bonds. The van der Waals surface area contributed by atoms with E-state index in [1.165, 1.54) is 18.4 Å². The molecule has 0 aliphatic carbocycles. The summed E-state index contributed by atoms with van der Waals surface area (Å²) in [6.07, 6.45) is 1.04. The molecule has 0 saturated heterocycles. The largest absolute Gasteiger partial charge is 0.310 e. The van der Waals surface area contributed by atoms with Crippen LogP contribution in [0.2, 0.25) is 0 Å². The zero-order valence-corrected chi connectivity index (χ0v) is 13.1. The van der Waals surface area contributed by atoms with Crippen LogP contribution in [-0.4, -0.2) is 27.3 Å². The molecule has 2 atom stereocenters. The highest BCUT2D eigenvalue weighted by atomic mass is 32.3. The van der Waals surface area contributed by atoms with Crippen LogP contribution in [0.5, 0.6) is 0 Å². The van der Waals surface area contributed by atoms with Crippen molar-refractivity contribution < 1.29 is 8.42 Å². The van der Waals surface area contributed by atoms with Gasteiger partial charge in [0.05, 0.1) is 4.21 Å². The molecule has 0 bridgehead atoms. The Bertz CT molecular complexity index is 524. The fourth-order valence-corrected chi connectivity index (χ4v) is 6.28. The summed E-state index contributed by atoms with van der Waals surface area (Å²) in [6, 6.07) is 2.09. The minimum absolute atomic E-state index is 0.276. The van der Waals surface area contributed by atoms with Crippen molar-refractivity contribution in [3.8, 4) is 0 Å². The second-order valence-corrected chi connectivity index (χ2v) is 9.16. The molecule has 0 spiro atoms. The summed E-state index contributed by atoms with van der Waals surface area (Å²) in [7, 11) is -1.87. The summed E-state index contributed by atoms with van der Waals surface area (Å²) in [5.41, 5.74) is 1.14. The Hall–Kier alpha value is -0.0800. The summed E-state index contributed by atoms with van der Waals surface area (Å²) < 4.78 is 27.6. The Labute approximate surface area is 117 Å². The molecule has 2 heterocycles. The van der Waals surface area contributed by atoms with Crippen LogP contribution >= 0.6 is 23.1 Å². The van der Waals surface area contributed by atoms with Crippen LogP contribution in [0.1, 0.15) is 31.9 Å². The van der Waals surface area contributed by atoms with Gasteiger partial charge in [-0.2, -0.15) is 0 Å². The Morgan fingerprint density at radius 2 is 2.22 bits per heavy atom. The molecular formula is C11H18N2O2S3. The summed E-state index contributed by atoms with van der Waals surface area (Å²) in [6.45, 7) is 5.15. The number of nitrogens with one attached hydrogen (secondary N) is 2. The van der Waals surface area contributed by atoms with Crippen LogP contribution < -0.4 is 10.0 Å². The first-order valence-electron chi connectivity index (χ1n) is 5.95. The Kier molecular flexibility index (Phi) is 4.38. The molecule has 18 heavy (non-hydrogen) atoms. The van der Waals surface area contributed by atoms with E-state index < -0.39 is 10.0 Å². The lowest BCUT2D eigenvalue weighted by Crippen LogP contribution is -2.26. The molecule has 0 saturated carbocycles. The number of thiophene rings is 1. The number of hydrogen-bond acceptors (Lipinski definition) is 5. The van der Waals surface area contributed by atoms with Crippen LogP contribution in [0.3, 0.4) is 0 Å². The predicted octanol–water partition coefficient (Wildman–Crippen LogP) is 2.19. The van der Waals surface area contributed by atoms with Gasteiger partial charge < -0.3 is 5.32 Å². The van der Waals surface area contributed by atoms with Crippen molar-refractivity contribution in [1.29, 1.82) is 0 Å². The lowest BCUT2D eigenvalue weighted by molar-refractivity contribution is 0.503. The van der Waals surface area contributed by atoms with Gasteiger partial charge in [-0.25, -0.2) is 13.1 Å². The van der Waals surface area contributed by atoms with Gasteiger partial charge in [0.1, 0.15) is 4.21 Å². The number of fused-ring (bicyclic) bond motifs is 1. The van der Waals surface area contributed by atoms with Gasteiger partial charge in [0.2, 0.25) is 10.0 Å². The minimum atomic E-state index is -3.32. The van der Waals surface area contributed by atoms with Crippen molar-refractivity contribution in [1.82, 2.24) is 10.0 Å². The smallest absolute Gasteiger partial charge is 0.249 e. The zero-order valence-electron chi connectivity index (χ0n) is 10.7. The van der Waals surface area contributed by atoms with Gasteiger partial charge in [0.15, 0.2) is 0 Å². The summed E-state index contributed by atoms with van der Waals surface area (Å²) in [4.78, 5) is 0. The molecule has 1 aliphatic rings. The van der Waals surface area contributed by atoms with Crippen molar-refractivity contribution >= 4 is 33.1 Å². The Balaban J connectivity index is 2.40. The van der Waals surface area contributed by atoms with Crippen molar-refractivity contribution in [3.63, 3.8) is 0 Å². The molecule has 0 aromatic carbocycles. The van der Waals surface area contributed by atoms with E-state index in [1.54, 1.807) is 11.8 Å². The molecule has 7 heteroatoms. The third kappa shape index (κ3) is 2.75. The molecule has 0 radical (unpaired) electrons. The third-order valence-electron chi connectivity index (χ3n) is 2.94. The van der Waals surface area contributed by atoms with Crippen LogP contribution in [-0.2, 0) is 10.0 Å². The van der Waals surface area contributed by atoms with E-state index in [4.69, 9.17) is 0 Å². The molecule has 1 aromatic heterocycles. The first-order valence-corrected chi connectivity index (χ1v) is 9.13. The molecule has 2 N–H and O–H groups in total. The normalized spacial score (nSPS) is 23.9. The van der Waals surface area contributed by atoms with Gasteiger partial charge in [-0.1, -0.05) is 13.8 Å². The van der Waals surface area contributed by atoms with Gasteiger partial charge >= 0.3 is 0 Å². The maximum Gasteiger partial charge on any atom is 0.249 e. The predicted molar refractivity (Wildman–Crippen MR) is 76.9 cm³/mol. The monoisotopic (exact) mass is 306 g/mol. The number of sulfonamides is 1. The van der Waals surface area contributed by atoms with Crippen LogP contribution in [0.15, 0.2) is 14.5 Å². The van der Waals surface area contributed by atoms with Gasteiger partial charge in [0, 0.05) is 11.3 Å². The van der Waals surface area contributed by atoms with E-state index >= 15 is 0 Å². The van der Waals surface area contributed by atoms with Crippen molar-refractivity contribution in [2.24, 2.45) is 0 Å². The average molecular weight is 306 g/mol. The first-order chi connectivity index (χ1) is 8.47. The number of thioether (sulfide) groups is 1. The molecule has 2 unspecified atom stereocenters. The first kappa shape index (κ1) is 14.3. The molecule has 1 aliphatic heterocycles. The highest BCUT2D eigenvalue weighted by Gasteiger charge is 2.29. The van der Waals surface area contributed by atoms with Gasteiger partial charge in [-0.3, -0.25) is 0 Å². The third-order valence-corrected chi connectivity index (χ3v) is 7.35. The van der Waals surface area contributed by atoms with E-state index in [-0.39, 0.29) is 6.04 Å². The van der Waals surface area contributed by atoms with E-state index in [0.717, 1.165) is 22.7 Å². The van der Waals surface area contributed by atoms with Crippen molar-refractivity contribution in [2.75, 3.05) is 13.6 Å². The van der Waals surface area contributed by atoms with Crippen molar-refractivity contribution in [3.05, 3.63) is 11.6 Å². The second-order valence-electron chi connectivity index (χ2n) is 4.29. The number of hydrogen-bond donors (Lipinski definition) is 2. The molecule has 1 aromatic rings. The average Bonchev–Trinajstić information content (AvgIpc) is 2.74. The van der Waals surface area contributed by atoms with Gasteiger partial charge in [-0.15, -0.1) is 23.1 Å². The van der Waals surface area contributed by atoms with E-state index in [0.29, 0.717) is 9.46 Å². The summed E-state index contributed by atoms with van der Waals surface area (Å²) in [5.74, 6) is 0. The highest BCUT2D eigenvalue weighted by Crippen LogP contribution is 2.46. The molecular weight excluding hydrogens is 288 g/mol. The summed E-state index contributed by atoms with van der Waals surface area (Å²) >= 11 is 3.15. The lowest BCUT2D eigenvalue weighted by atomic mass is 10.1. The zero-order chi connectivity index (χ0) is 13.3. The maximum atomic E-state index is 11.8. The quantitative estimate of drug-likeness (QED) is 0.895. The second kappa shape index (κ2) is 5.50. The van der Waals surface area contributed by atoms with E-state index in [2.05, 4.69) is 23.9 Å². The maximum absolute atomic E-state index is 11.8. The Morgan fingerprint density at radius 1 is 1.50 bits per heavy atom. The standard InChI is InChI=1S/C11H18N2O2S3/c1-4-13-9-5-7(2)16-11-8(9)6-10(17-11)18(14,15)12-3/h6-7,9,12-13H,4-5H2,1-3H3. The van der Waals surface area contributed by atoms with E-state index in [1.807, 2.05) is 6.07 Å². The fraction of sp³-hybridized carbons (Fsp3) is 0.636. The van der Waals surface area contributed by atoms with Crippen LogP contribution in [0.4, 0.5) is 0 Å². The molecule has 4 nitrogen and oxygen atoms in total. The Morgan fingerprint density at radius 3 is 2.83 bits per heavy atom. The highest BCUT2D eigenvalue weighted by molar-refractivity contribution is 8.02. The topological polar surface area (TPSA) is 58.2 Å². The number of rotatable bonds is 4. The van der Waals surface area contributed by atoms with Gasteiger partial charge in [0.25, 0.3) is 0 Å². The fourth-order valence-electron chi connectivity index (χ4n) is 2.06. The lowest BCUT2D eigenvalue weighted by Gasteiger charge is -2.27. The van der Waals surface area contributed by atoms with Gasteiger partial charge in [-0.05, 0) is 31.6 Å². The minimum Gasteiger partial charge on any atom is -0.310 e.